The Bertz CT molecular complexity index is 1390. The molecule has 0 spiro atoms. The lowest BCUT2D eigenvalue weighted by Gasteiger charge is -2.37. The first-order valence-electron chi connectivity index (χ1n) is 16.2. The standard InChI is InChI=1S/C31H50F3N6O6P/c1-7-8-9-10-17-44-27(41)29(3,4)38-47(43,20-45-21(2)18-40-19-37-25-24(35)15-16-36-26(25)40)39-30(5,6)28(42)46-23-13-11-22(12-14-23)31(32,33)34/h15-16,19,21-23H,7-14,17-18,20H2,1-6H3,(H2,35,36)(H2,38,39,43)/t21-,22-,23-,47?/m1/s1. The van der Waals surface area contributed by atoms with Crippen molar-refractivity contribution in [3.05, 3.63) is 18.6 Å². The van der Waals surface area contributed by atoms with Crippen molar-refractivity contribution < 1.29 is 41.5 Å². The monoisotopic (exact) mass is 690 g/mol. The topological polar surface area (TPSA) is 160 Å². The van der Waals surface area contributed by atoms with E-state index in [0.717, 1.165) is 19.3 Å². The largest absolute Gasteiger partial charge is 0.464 e. The lowest BCUT2D eigenvalue weighted by atomic mass is 9.87. The van der Waals surface area contributed by atoms with Gasteiger partial charge < -0.3 is 24.5 Å². The van der Waals surface area contributed by atoms with E-state index in [-0.39, 0.29) is 38.8 Å². The van der Waals surface area contributed by atoms with Crippen LogP contribution in [-0.4, -0.2) is 68.9 Å². The molecule has 1 unspecified atom stereocenters. The minimum absolute atomic E-state index is 0.0725. The summed E-state index contributed by atoms with van der Waals surface area (Å²) in [6.45, 7) is 10.3. The number of anilines is 1. The number of carbonyl (C=O) groups excluding carboxylic acids is 2. The second kappa shape index (κ2) is 16.1. The van der Waals surface area contributed by atoms with Gasteiger partial charge in [0, 0.05) is 6.20 Å². The Morgan fingerprint density at radius 3 is 2.30 bits per heavy atom. The van der Waals surface area contributed by atoms with Gasteiger partial charge >= 0.3 is 18.1 Å². The molecule has 266 valence electrons. The summed E-state index contributed by atoms with van der Waals surface area (Å²) in [6.07, 6.45) is 0.719. The van der Waals surface area contributed by atoms with Crippen molar-refractivity contribution in [1.29, 1.82) is 0 Å². The highest BCUT2D eigenvalue weighted by atomic mass is 31.2. The Kier molecular flexibility index (Phi) is 13.3. The number of alkyl halides is 3. The van der Waals surface area contributed by atoms with Gasteiger partial charge in [-0.25, -0.2) is 20.1 Å². The van der Waals surface area contributed by atoms with Gasteiger partial charge in [-0.1, -0.05) is 26.2 Å². The summed E-state index contributed by atoms with van der Waals surface area (Å²) in [7, 11) is -3.94. The number of fused-ring (bicyclic) bond motifs is 1. The molecule has 47 heavy (non-hydrogen) atoms. The molecule has 1 aliphatic carbocycles. The SMILES string of the molecule is CCCCCCOC(=O)C(C)(C)NP(=O)(CO[C@H](C)Cn1cnc2c(N)ccnc21)NC(C)(C)C(=O)O[C@H]1CC[C@H](C(F)(F)F)CC1. The minimum Gasteiger partial charge on any atom is -0.464 e. The Labute approximate surface area is 274 Å². The van der Waals surface area contributed by atoms with Crippen LogP contribution < -0.4 is 15.9 Å². The van der Waals surface area contributed by atoms with Crippen LogP contribution >= 0.6 is 7.44 Å². The van der Waals surface area contributed by atoms with Crippen molar-refractivity contribution in [1.82, 2.24) is 24.7 Å². The molecule has 4 N–H and O–H groups in total. The fourth-order valence-corrected chi connectivity index (χ4v) is 8.08. The molecule has 0 aromatic carbocycles. The first-order valence-corrected chi connectivity index (χ1v) is 18.1. The van der Waals surface area contributed by atoms with Crippen LogP contribution in [0.15, 0.2) is 18.6 Å². The highest BCUT2D eigenvalue weighted by Crippen LogP contribution is 2.43. The molecule has 0 saturated heterocycles. The molecule has 0 aliphatic heterocycles. The van der Waals surface area contributed by atoms with Gasteiger partial charge in [0.2, 0.25) is 7.44 Å². The smallest absolute Gasteiger partial charge is 0.391 e. The Morgan fingerprint density at radius 2 is 1.68 bits per heavy atom. The number of aromatic nitrogens is 3. The number of rotatable bonds is 17. The number of nitrogens with one attached hydrogen (secondary N) is 2. The number of esters is 2. The Balaban J connectivity index is 1.72. The molecule has 2 heterocycles. The molecule has 2 atom stereocenters. The molecule has 12 nitrogen and oxygen atoms in total. The van der Waals surface area contributed by atoms with Crippen LogP contribution in [0.4, 0.5) is 18.9 Å². The van der Waals surface area contributed by atoms with E-state index < -0.39 is 61.1 Å². The van der Waals surface area contributed by atoms with E-state index in [4.69, 9.17) is 19.9 Å². The van der Waals surface area contributed by atoms with Gasteiger partial charge in [-0.15, -0.1) is 0 Å². The highest BCUT2D eigenvalue weighted by molar-refractivity contribution is 7.59. The predicted molar refractivity (Wildman–Crippen MR) is 172 cm³/mol. The fraction of sp³-hybridized carbons (Fsp3) is 0.742. The molecular weight excluding hydrogens is 640 g/mol. The maximum Gasteiger partial charge on any atom is 0.391 e. The summed E-state index contributed by atoms with van der Waals surface area (Å²) < 4.78 is 72.7. The van der Waals surface area contributed by atoms with Crippen molar-refractivity contribution in [2.75, 3.05) is 18.7 Å². The van der Waals surface area contributed by atoms with E-state index >= 15 is 0 Å². The quantitative estimate of drug-likeness (QED) is 0.100. The van der Waals surface area contributed by atoms with Crippen molar-refractivity contribution in [2.45, 2.75) is 129 Å². The zero-order valence-electron chi connectivity index (χ0n) is 28.2. The van der Waals surface area contributed by atoms with E-state index in [1.165, 1.54) is 27.7 Å². The van der Waals surface area contributed by atoms with E-state index in [1.54, 1.807) is 30.1 Å². The molecule has 2 aromatic heterocycles. The molecule has 1 fully saturated rings. The summed E-state index contributed by atoms with van der Waals surface area (Å²) in [5.74, 6) is -2.83. The molecule has 1 saturated carbocycles. The maximum absolute atomic E-state index is 14.5. The van der Waals surface area contributed by atoms with Gasteiger partial charge in [0.25, 0.3) is 0 Å². The van der Waals surface area contributed by atoms with Crippen molar-refractivity contribution in [3.8, 4) is 0 Å². The second-order valence-corrected chi connectivity index (χ2v) is 15.6. The number of imidazole rings is 1. The Hall–Kier alpha value is -2.74. The second-order valence-electron chi connectivity index (χ2n) is 13.4. The maximum atomic E-state index is 14.5. The van der Waals surface area contributed by atoms with Gasteiger partial charge in [0.05, 0.1) is 37.2 Å². The van der Waals surface area contributed by atoms with Crippen molar-refractivity contribution in [3.63, 3.8) is 0 Å². The first-order chi connectivity index (χ1) is 21.9. The zero-order valence-corrected chi connectivity index (χ0v) is 29.1. The fourth-order valence-electron chi connectivity index (χ4n) is 5.45. The number of nitrogens with zero attached hydrogens (tertiary/aromatic N) is 3. The van der Waals surface area contributed by atoms with Gasteiger partial charge in [0.15, 0.2) is 5.65 Å². The summed E-state index contributed by atoms with van der Waals surface area (Å²) in [5, 5.41) is 5.72. The summed E-state index contributed by atoms with van der Waals surface area (Å²) >= 11 is 0. The molecule has 0 radical (unpaired) electrons. The molecular formula is C31H50F3N6O6P. The van der Waals surface area contributed by atoms with Crippen LogP contribution in [0, 0.1) is 5.92 Å². The summed E-state index contributed by atoms with van der Waals surface area (Å²) in [6, 6.07) is 1.64. The van der Waals surface area contributed by atoms with Gasteiger partial charge in [-0.2, -0.15) is 13.2 Å². The molecule has 3 rings (SSSR count). The van der Waals surface area contributed by atoms with Crippen LogP contribution in [0.3, 0.4) is 0 Å². The number of hydrogen-bond donors (Lipinski definition) is 3. The zero-order chi connectivity index (χ0) is 35.0. The van der Waals surface area contributed by atoms with Crippen LogP contribution in [0.25, 0.3) is 11.2 Å². The number of ether oxygens (including phenoxy) is 3. The molecule has 2 aromatic rings. The third-order valence-electron chi connectivity index (χ3n) is 8.11. The number of nitrogen functional groups attached to an aromatic ring is 1. The van der Waals surface area contributed by atoms with Crippen LogP contribution in [-0.2, 0) is 34.9 Å². The number of nitrogens with two attached hydrogens (primary N) is 1. The predicted octanol–water partition coefficient (Wildman–Crippen LogP) is 6.09. The number of halogens is 3. The third kappa shape index (κ3) is 11.2. The van der Waals surface area contributed by atoms with E-state index in [1.807, 2.05) is 0 Å². The molecule has 0 bridgehead atoms. The Morgan fingerprint density at radius 1 is 1.04 bits per heavy atom. The average Bonchev–Trinajstić information content (AvgIpc) is 3.39. The van der Waals surface area contributed by atoms with E-state index in [9.17, 15) is 27.3 Å². The first kappa shape index (κ1) is 38.7. The number of unbranched alkanes of at least 4 members (excludes halogenated alkanes) is 3. The van der Waals surface area contributed by atoms with Crippen molar-refractivity contribution in [2.24, 2.45) is 5.92 Å². The number of hydrogen-bond acceptors (Lipinski definition) is 9. The average molecular weight is 691 g/mol. The summed E-state index contributed by atoms with van der Waals surface area (Å²) in [5.41, 5.74) is 4.54. The third-order valence-corrected chi connectivity index (χ3v) is 10.5. The molecule has 16 heteroatoms. The van der Waals surface area contributed by atoms with E-state index in [0.29, 0.717) is 23.3 Å². The highest BCUT2D eigenvalue weighted by Gasteiger charge is 2.45. The molecule has 1 aliphatic rings. The van der Waals surface area contributed by atoms with Crippen LogP contribution in [0.1, 0.15) is 92.9 Å². The number of carbonyl (C=O) groups is 2. The van der Waals surface area contributed by atoms with Gasteiger partial charge in [-0.3, -0.25) is 14.2 Å². The minimum atomic E-state index is -4.29. The van der Waals surface area contributed by atoms with Gasteiger partial charge in [-0.05, 0) is 72.8 Å². The lowest BCUT2D eigenvalue weighted by Crippen LogP contribution is -2.54. The lowest BCUT2D eigenvalue weighted by molar-refractivity contribution is -0.189. The molecule has 0 amide bonds. The van der Waals surface area contributed by atoms with Crippen LogP contribution in [0.5, 0.6) is 0 Å². The van der Waals surface area contributed by atoms with E-state index in [2.05, 4.69) is 27.1 Å². The van der Waals surface area contributed by atoms with Crippen molar-refractivity contribution >= 4 is 36.2 Å². The van der Waals surface area contributed by atoms with Crippen LogP contribution in [0.2, 0.25) is 0 Å². The number of pyridine rings is 1. The summed E-state index contributed by atoms with van der Waals surface area (Å²) in [4.78, 5) is 35.0. The van der Waals surface area contributed by atoms with Gasteiger partial charge in [0.1, 0.15) is 29.0 Å². The normalized spacial score (nSPS) is 19.7.